The van der Waals surface area contributed by atoms with Gasteiger partial charge in [-0.15, -0.1) is 0 Å². The molecule has 1 heteroatoms. The molecule has 0 amide bonds. The fourth-order valence-electron chi connectivity index (χ4n) is 0.467. The maximum atomic E-state index is 7.84. The highest BCUT2D eigenvalue weighted by atomic mass is 15.0. The number of nitrogens with one attached hydrogen (secondary N) is 1. The second-order valence-electron chi connectivity index (χ2n) is 3.38. The first-order valence-electron chi connectivity index (χ1n) is 6.94. The summed E-state index contributed by atoms with van der Waals surface area (Å²) < 4.78 is 51.6. The number of rotatable bonds is 3. The average Bonchev–Trinajstić information content (AvgIpc) is 1.98. The Labute approximate surface area is 75.0 Å². The summed E-state index contributed by atoms with van der Waals surface area (Å²) in [5, 5.41) is 2.49. The van der Waals surface area contributed by atoms with E-state index >= 15 is 0 Å². The highest BCUT2D eigenvalue weighted by Gasteiger charge is 2.21. The van der Waals surface area contributed by atoms with Crippen LogP contribution in [-0.2, 0) is 0 Å². The van der Waals surface area contributed by atoms with Crippen LogP contribution in [0.1, 0.15) is 51.0 Å². The van der Waals surface area contributed by atoms with Crippen LogP contribution in [0, 0.1) is 5.92 Å². The van der Waals surface area contributed by atoms with Crippen molar-refractivity contribution in [3.05, 3.63) is 0 Å². The molecule has 0 aliphatic heterocycles. The van der Waals surface area contributed by atoms with Crippen LogP contribution in [0.5, 0.6) is 0 Å². The topological polar surface area (TPSA) is 12.0 Å². The zero-order valence-corrected chi connectivity index (χ0v) is 7.08. The van der Waals surface area contributed by atoms with Gasteiger partial charge >= 0.3 is 0 Å². The van der Waals surface area contributed by atoms with Gasteiger partial charge in [0.25, 0.3) is 0 Å². The standard InChI is InChI=1S/C9H21N/c1-7(2)9(5,6)10-8(3)4/h7-8,10H,1-6H3/i3D3,4D3,8D. The highest BCUT2D eigenvalue weighted by Crippen LogP contribution is 2.15. The Hall–Kier alpha value is -0.0400. The van der Waals surface area contributed by atoms with Gasteiger partial charge < -0.3 is 5.32 Å². The van der Waals surface area contributed by atoms with Crippen LogP contribution >= 0.6 is 0 Å². The van der Waals surface area contributed by atoms with E-state index in [0.717, 1.165) is 0 Å². The van der Waals surface area contributed by atoms with Gasteiger partial charge in [0.2, 0.25) is 0 Å². The molecule has 0 saturated carbocycles. The molecular formula is C9H21N. The van der Waals surface area contributed by atoms with E-state index in [1.54, 1.807) is 13.8 Å². The predicted molar refractivity (Wildman–Crippen MR) is 47.2 cm³/mol. The molecule has 0 bridgehead atoms. The summed E-state index contributed by atoms with van der Waals surface area (Å²) >= 11 is 0. The molecule has 0 radical (unpaired) electrons. The second kappa shape index (κ2) is 3.38. The molecule has 1 nitrogen and oxygen atoms in total. The third kappa shape index (κ3) is 3.21. The van der Waals surface area contributed by atoms with Gasteiger partial charge in [0.1, 0.15) is 0 Å². The molecule has 0 spiro atoms. The Kier molecular flexibility index (Phi) is 1.06. The molecular weight excluding hydrogens is 122 g/mol. The van der Waals surface area contributed by atoms with Crippen LogP contribution in [0.25, 0.3) is 0 Å². The fourth-order valence-corrected chi connectivity index (χ4v) is 0.467. The van der Waals surface area contributed by atoms with Gasteiger partial charge in [0.05, 0.1) is 0 Å². The van der Waals surface area contributed by atoms with Crippen LogP contribution in [-0.4, -0.2) is 11.6 Å². The molecule has 0 aromatic carbocycles. The van der Waals surface area contributed by atoms with Crippen molar-refractivity contribution in [1.82, 2.24) is 5.32 Å². The normalized spacial score (nSPS) is 27.1. The average molecular weight is 150 g/mol. The van der Waals surface area contributed by atoms with E-state index in [1.807, 2.05) is 13.8 Å². The van der Waals surface area contributed by atoms with Crippen LogP contribution in [0.4, 0.5) is 0 Å². The lowest BCUT2D eigenvalue weighted by molar-refractivity contribution is 0.267. The summed E-state index contributed by atoms with van der Waals surface area (Å²) in [4.78, 5) is 0. The van der Waals surface area contributed by atoms with Crippen molar-refractivity contribution in [3.8, 4) is 0 Å². The van der Waals surface area contributed by atoms with Gasteiger partial charge in [-0.2, -0.15) is 0 Å². The molecule has 0 atom stereocenters. The van der Waals surface area contributed by atoms with Crippen molar-refractivity contribution in [2.24, 2.45) is 5.92 Å². The zero-order chi connectivity index (χ0) is 14.3. The Morgan fingerprint density at radius 1 is 1.40 bits per heavy atom. The summed E-state index contributed by atoms with van der Waals surface area (Å²) in [6.45, 7) is 1.21. The molecule has 62 valence electrons. The smallest absolute Gasteiger partial charge is 0.0459 e. The quantitative estimate of drug-likeness (QED) is 0.651. The third-order valence-corrected chi connectivity index (χ3v) is 1.89. The molecule has 0 heterocycles. The zero-order valence-electron chi connectivity index (χ0n) is 14.1. The van der Waals surface area contributed by atoms with Crippen molar-refractivity contribution in [3.63, 3.8) is 0 Å². The first-order valence-corrected chi connectivity index (χ1v) is 3.44. The van der Waals surface area contributed by atoms with Crippen molar-refractivity contribution in [2.75, 3.05) is 0 Å². The van der Waals surface area contributed by atoms with Crippen LogP contribution in [0.3, 0.4) is 0 Å². The van der Waals surface area contributed by atoms with Crippen molar-refractivity contribution in [1.29, 1.82) is 0 Å². The fraction of sp³-hybridized carbons (Fsp3) is 1.00. The Bertz CT molecular complexity index is 249. The maximum Gasteiger partial charge on any atom is 0.0459 e. The molecule has 0 aromatic heterocycles. The molecule has 0 fully saturated rings. The van der Waals surface area contributed by atoms with E-state index in [0.29, 0.717) is 0 Å². The number of hydrogen-bond acceptors (Lipinski definition) is 1. The van der Waals surface area contributed by atoms with E-state index in [1.165, 1.54) is 0 Å². The largest absolute Gasteiger partial charge is 0.309 e. The molecule has 1 N–H and O–H groups in total. The minimum atomic E-state index is -2.93. The summed E-state index contributed by atoms with van der Waals surface area (Å²) in [5.74, 6) is -0.00285. The summed E-state index contributed by atoms with van der Waals surface area (Å²) in [6.07, 6.45) is 0. The maximum absolute atomic E-state index is 7.84. The van der Waals surface area contributed by atoms with Gasteiger partial charge in [-0.1, -0.05) is 27.6 Å². The number of hydrogen-bond donors (Lipinski definition) is 1. The minimum absolute atomic E-state index is 0.00285. The minimum Gasteiger partial charge on any atom is -0.309 e. The van der Waals surface area contributed by atoms with E-state index < -0.39 is 25.3 Å². The monoisotopic (exact) mass is 150 g/mol. The third-order valence-electron chi connectivity index (χ3n) is 1.89. The molecule has 0 saturated heterocycles. The first-order chi connectivity index (χ1) is 7.15. The second-order valence-corrected chi connectivity index (χ2v) is 3.38. The SMILES string of the molecule is [2H]C([2H])([2H])C([2H])(NC(C)(C)C(C)C)C([2H])([2H])[2H]. The lowest BCUT2D eigenvalue weighted by atomic mass is 9.90. The van der Waals surface area contributed by atoms with Crippen molar-refractivity contribution in [2.45, 2.75) is 53.0 Å². The van der Waals surface area contributed by atoms with Gasteiger partial charge in [0, 0.05) is 21.2 Å². The van der Waals surface area contributed by atoms with E-state index in [2.05, 4.69) is 5.32 Å². The molecule has 0 aliphatic carbocycles. The van der Waals surface area contributed by atoms with Crippen LogP contribution in [0.2, 0.25) is 0 Å². The van der Waals surface area contributed by atoms with Crippen LogP contribution in [0.15, 0.2) is 0 Å². The predicted octanol–water partition coefficient (Wildman–Crippen LogP) is 2.42. The summed E-state index contributed by atoms with van der Waals surface area (Å²) in [5.41, 5.74) is -0.759. The molecule has 0 aromatic rings. The van der Waals surface area contributed by atoms with Crippen molar-refractivity contribution >= 4 is 0 Å². The van der Waals surface area contributed by atoms with E-state index in [9.17, 15) is 0 Å². The first kappa shape index (κ1) is 3.14. The van der Waals surface area contributed by atoms with Crippen LogP contribution < -0.4 is 5.32 Å². The molecule has 0 aliphatic rings. The molecule has 10 heavy (non-hydrogen) atoms. The lowest BCUT2D eigenvalue weighted by Gasteiger charge is -2.32. The Morgan fingerprint density at radius 2 is 1.90 bits per heavy atom. The lowest BCUT2D eigenvalue weighted by Crippen LogP contribution is -2.47. The van der Waals surface area contributed by atoms with E-state index in [4.69, 9.17) is 9.60 Å². The Balaban J connectivity index is 5.41. The summed E-state index contributed by atoms with van der Waals surface area (Å²) in [7, 11) is 0. The molecule has 0 unspecified atom stereocenters. The van der Waals surface area contributed by atoms with Gasteiger partial charge in [-0.3, -0.25) is 0 Å². The van der Waals surface area contributed by atoms with Gasteiger partial charge in [-0.25, -0.2) is 0 Å². The highest BCUT2D eigenvalue weighted by molar-refractivity contribution is 4.82. The van der Waals surface area contributed by atoms with Gasteiger partial charge in [-0.05, 0) is 19.8 Å². The van der Waals surface area contributed by atoms with Crippen molar-refractivity contribution < 1.29 is 9.60 Å². The van der Waals surface area contributed by atoms with Gasteiger partial charge in [0.15, 0.2) is 0 Å². The Morgan fingerprint density at radius 3 is 2.20 bits per heavy atom. The summed E-state index contributed by atoms with van der Waals surface area (Å²) in [6, 6.07) is -2.66. The van der Waals surface area contributed by atoms with E-state index in [-0.39, 0.29) is 5.92 Å². The molecule has 0 rings (SSSR count).